The molecule has 0 atom stereocenters. The van der Waals surface area contributed by atoms with Crippen LogP contribution >= 0.6 is 0 Å². The molecule has 10 heteroatoms. The SMILES string of the molecule is O=C(O)CNC(=O)c1c(O)c(C(=O)NCCC2CC2)c(=O)n(CC2CCCCC2)c1O. The molecular weight excluding hydrogens is 406 g/mol. The highest BCUT2D eigenvalue weighted by atomic mass is 16.4. The number of aromatic hydroxyl groups is 2. The van der Waals surface area contributed by atoms with Gasteiger partial charge in [0.15, 0.2) is 5.75 Å². The Hall–Kier alpha value is -3.04. The summed E-state index contributed by atoms with van der Waals surface area (Å²) in [6.07, 6.45) is 7.70. The van der Waals surface area contributed by atoms with Crippen LogP contribution in [0.15, 0.2) is 4.79 Å². The van der Waals surface area contributed by atoms with E-state index in [9.17, 15) is 29.4 Å². The van der Waals surface area contributed by atoms with Crippen molar-refractivity contribution in [3.8, 4) is 11.6 Å². The first kappa shape index (κ1) is 22.6. The molecule has 10 nitrogen and oxygen atoms in total. The molecule has 170 valence electrons. The first-order valence-corrected chi connectivity index (χ1v) is 10.8. The van der Waals surface area contributed by atoms with Crippen LogP contribution in [0.1, 0.15) is 72.1 Å². The highest BCUT2D eigenvalue weighted by Gasteiger charge is 2.31. The van der Waals surface area contributed by atoms with E-state index in [2.05, 4.69) is 10.6 Å². The summed E-state index contributed by atoms with van der Waals surface area (Å²) in [5.74, 6) is -4.31. The Morgan fingerprint density at radius 2 is 1.55 bits per heavy atom. The van der Waals surface area contributed by atoms with Gasteiger partial charge in [-0.15, -0.1) is 0 Å². The van der Waals surface area contributed by atoms with Crippen molar-refractivity contribution in [1.82, 2.24) is 15.2 Å². The lowest BCUT2D eigenvalue weighted by atomic mass is 9.89. The summed E-state index contributed by atoms with van der Waals surface area (Å²) in [7, 11) is 0. The molecule has 2 aliphatic rings. The lowest BCUT2D eigenvalue weighted by Gasteiger charge is -2.24. The topological polar surface area (TPSA) is 158 Å². The summed E-state index contributed by atoms with van der Waals surface area (Å²) in [5.41, 5.74) is -2.17. The number of carboxylic acids is 1. The van der Waals surface area contributed by atoms with Gasteiger partial charge < -0.3 is 26.0 Å². The van der Waals surface area contributed by atoms with Crippen molar-refractivity contribution in [3.63, 3.8) is 0 Å². The van der Waals surface area contributed by atoms with Crippen LogP contribution in [0.25, 0.3) is 0 Å². The number of amides is 2. The van der Waals surface area contributed by atoms with Crippen LogP contribution in [-0.4, -0.2) is 50.8 Å². The molecule has 0 aromatic carbocycles. The monoisotopic (exact) mass is 435 g/mol. The van der Waals surface area contributed by atoms with Crippen LogP contribution in [-0.2, 0) is 11.3 Å². The second-order valence-corrected chi connectivity index (χ2v) is 8.41. The Bertz CT molecular complexity index is 915. The molecule has 3 rings (SSSR count). The quantitative estimate of drug-likeness (QED) is 0.390. The van der Waals surface area contributed by atoms with Crippen molar-refractivity contribution in [2.24, 2.45) is 11.8 Å². The van der Waals surface area contributed by atoms with Gasteiger partial charge in [-0.05, 0) is 31.1 Å². The Kier molecular flexibility index (Phi) is 7.19. The number of carboxylic acid groups (broad SMARTS) is 1. The van der Waals surface area contributed by atoms with E-state index in [-0.39, 0.29) is 12.5 Å². The summed E-state index contributed by atoms with van der Waals surface area (Å²) in [5, 5.41) is 34.7. The molecule has 0 spiro atoms. The van der Waals surface area contributed by atoms with E-state index in [0.717, 1.165) is 55.9 Å². The zero-order valence-electron chi connectivity index (χ0n) is 17.4. The molecule has 1 aromatic heterocycles. The summed E-state index contributed by atoms with van der Waals surface area (Å²) in [6, 6.07) is 0. The van der Waals surface area contributed by atoms with Crippen LogP contribution in [0.5, 0.6) is 11.6 Å². The average molecular weight is 435 g/mol. The van der Waals surface area contributed by atoms with Gasteiger partial charge in [0.05, 0.1) is 0 Å². The van der Waals surface area contributed by atoms with Crippen molar-refractivity contribution >= 4 is 17.8 Å². The molecule has 2 aliphatic carbocycles. The molecule has 0 radical (unpaired) electrons. The minimum Gasteiger partial charge on any atom is -0.506 e. The van der Waals surface area contributed by atoms with Gasteiger partial charge in [0.25, 0.3) is 17.4 Å². The third-order valence-corrected chi connectivity index (χ3v) is 5.97. The Labute approximate surface area is 179 Å². The fraction of sp³-hybridized carbons (Fsp3) is 0.619. The van der Waals surface area contributed by atoms with Gasteiger partial charge in [0, 0.05) is 13.1 Å². The van der Waals surface area contributed by atoms with E-state index in [1.165, 1.54) is 0 Å². The number of aliphatic carboxylic acids is 1. The standard InChI is InChI=1S/C21H29N3O7/c25-14(26)10-23-19(29)16-17(27)15(18(28)22-9-8-12-6-7-12)20(30)24(21(16)31)11-13-4-2-1-3-5-13/h12-13,27,31H,1-11H2,(H,22,28)(H,23,29)(H,25,26). The smallest absolute Gasteiger partial charge is 0.322 e. The Morgan fingerprint density at radius 1 is 0.903 bits per heavy atom. The lowest BCUT2D eigenvalue weighted by molar-refractivity contribution is -0.135. The van der Waals surface area contributed by atoms with E-state index in [1.807, 2.05) is 0 Å². The van der Waals surface area contributed by atoms with Crippen LogP contribution in [0.2, 0.25) is 0 Å². The molecule has 0 unspecified atom stereocenters. The van der Waals surface area contributed by atoms with Gasteiger partial charge in [0.2, 0.25) is 5.88 Å². The molecule has 2 fully saturated rings. The molecule has 1 aromatic rings. The number of aromatic nitrogens is 1. The first-order chi connectivity index (χ1) is 14.8. The molecule has 1 heterocycles. The number of nitrogens with zero attached hydrogens (tertiary/aromatic N) is 1. The first-order valence-electron chi connectivity index (χ1n) is 10.8. The number of hydrogen-bond acceptors (Lipinski definition) is 6. The second kappa shape index (κ2) is 9.84. The largest absolute Gasteiger partial charge is 0.506 e. The average Bonchev–Trinajstić information content (AvgIpc) is 3.55. The number of rotatable bonds is 9. The van der Waals surface area contributed by atoms with Gasteiger partial charge in [0.1, 0.15) is 17.7 Å². The van der Waals surface area contributed by atoms with Crippen LogP contribution in [0.3, 0.4) is 0 Å². The van der Waals surface area contributed by atoms with E-state index >= 15 is 0 Å². The fourth-order valence-electron chi connectivity index (χ4n) is 4.04. The Balaban J connectivity index is 1.96. The number of nitrogens with one attached hydrogen (secondary N) is 2. The number of carbonyl (C=O) groups is 3. The molecule has 0 aliphatic heterocycles. The van der Waals surface area contributed by atoms with Gasteiger partial charge in [-0.1, -0.05) is 32.1 Å². The number of pyridine rings is 1. The normalized spacial score (nSPS) is 16.6. The molecule has 2 amide bonds. The van der Waals surface area contributed by atoms with Crippen LogP contribution < -0.4 is 16.2 Å². The van der Waals surface area contributed by atoms with E-state index in [0.29, 0.717) is 12.5 Å². The van der Waals surface area contributed by atoms with Gasteiger partial charge in [-0.2, -0.15) is 0 Å². The van der Waals surface area contributed by atoms with Crippen molar-refractivity contribution in [2.75, 3.05) is 13.1 Å². The van der Waals surface area contributed by atoms with E-state index in [4.69, 9.17) is 5.11 Å². The molecule has 2 saturated carbocycles. The van der Waals surface area contributed by atoms with Gasteiger partial charge in [-0.25, -0.2) is 0 Å². The highest BCUT2D eigenvalue weighted by molar-refractivity contribution is 6.05. The zero-order valence-corrected chi connectivity index (χ0v) is 17.4. The molecular formula is C21H29N3O7. The third-order valence-electron chi connectivity index (χ3n) is 5.97. The highest BCUT2D eigenvalue weighted by Crippen LogP contribution is 2.33. The van der Waals surface area contributed by atoms with Crippen LogP contribution in [0.4, 0.5) is 0 Å². The molecule has 0 bridgehead atoms. The summed E-state index contributed by atoms with van der Waals surface area (Å²) in [4.78, 5) is 49.0. The Morgan fingerprint density at radius 3 is 2.16 bits per heavy atom. The van der Waals surface area contributed by atoms with Crippen molar-refractivity contribution in [3.05, 3.63) is 21.5 Å². The van der Waals surface area contributed by atoms with Gasteiger partial charge >= 0.3 is 5.97 Å². The molecule has 0 saturated heterocycles. The maximum absolute atomic E-state index is 13.0. The van der Waals surface area contributed by atoms with E-state index < -0.39 is 52.6 Å². The molecule has 5 N–H and O–H groups in total. The predicted molar refractivity (Wildman–Crippen MR) is 110 cm³/mol. The van der Waals surface area contributed by atoms with E-state index in [1.54, 1.807) is 0 Å². The molecule has 31 heavy (non-hydrogen) atoms. The number of carbonyl (C=O) groups excluding carboxylic acids is 2. The predicted octanol–water partition coefficient (Wildman–Crippen LogP) is 1.18. The minimum atomic E-state index is -1.32. The van der Waals surface area contributed by atoms with Crippen LogP contribution in [0, 0.1) is 11.8 Å². The third kappa shape index (κ3) is 5.56. The summed E-state index contributed by atoms with van der Waals surface area (Å²) in [6.45, 7) is -0.318. The van der Waals surface area contributed by atoms with Crippen molar-refractivity contribution in [1.29, 1.82) is 0 Å². The second-order valence-electron chi connectivity index (χ2n) is 8.41. The van der Waals surface area contributed by atoms with Gasteiger partial charge in [-0.3, -0.25) is 23.7 Å². The minimum absolute atomic E-state index is 0.0857. The number of hydrogen-bond donors (Lipinski definition) is 5. The van der Waals surface area contributed by atoms with Crippen molar-refractivity contribution < 1.29 is 29.7 Å². The maximum Gasteiger partial charge on any atom is 0.322 e. The summed E-state index contributed by atoms with van der Waals surface area (Å²) < 4.78 is 0.946. The maximum atomic E-state index is 13.0. The van der Waals surface area contributed by atoms with Crippen molar-refractivity contribution in [2.45, 2.75) is 57.9 Å². The fourth-order valence-corrected chi connectivity index (χ4v) is 4.04. The lowest BCUT2D eigenvalue weighted by Crippen LogP contribution is -2.37. The summed E-state index contributed by atoms with van der Waals surface area (Å²) >= 11 is 0. The zero-order chi connectivity index (χ0) is 22.5.